The van der Waals surface area contributed by atoms with Gasteiger partial charge in [0.15, 0.2) is 0 Å². The predicted octanol–water partition coefficient (Wildman–Crippen LogP) is 2.15. The lowest BCUT2D eigenvalue weighted by Gasteiger charge is -2.44. The highest BCUT2D eigenvalue weighted by Crippen LogP contribution is 2.34. The fourth-order valence-electron chi connectivity index (χ4n) is 3.56. The molecule has 1 heterocycles. The van der Waals surface area contributed by atoms with Gasteiger partial charge in [-0.1, -0.05) is 26.7 Å². The van der Waals surface area contributed by atoms with Gasteiger partial charge in [0.2, 0.25) is 5.91 Å². The maximum Gasteiger partial charge on any atom is 0.239 e. The van der Waals surface area contributed by atoms with E-state index >= 15 is 0 Å². The van der Waals surface area contributed by atoms with E-state index in [1.54, 1.807) is 0 Å². The normalized spacial score (nSPS) is 35.4. The average Bonchev–Trinajstić information content (AvgIpc) is 2.33. The van der Waals surface area contributed by atoms with Gasteiger partial charge in [-0.3, -0.25) is 4.79 Å². The van der Waals surface area contributed by atoms with E-state index in [4.69, 9.17) is 5.73 Å². The van der Waals surface area contributed by atoms with E-state index in [9.17, 15) is 4.79 Å². The van der Waals surface area contributed by atoms with Crippen molar-refractivity contribution >= 4 is 5.91 Å². The first-order valence-electron chi connectivity index (χ1n) is 7.17. The lowest BCUT2D eigenvalue weighted by atomic mass is 9.76. The molecule has 2 N–H and O–H groups in total. The van der Waals surface area contributed by atoms with Gasteiger partial charge in [0.25, 0.3) is 0 Å². The molecule has 1 aliphatic heterocycles. The lowest BCUT2D eigenvalue weighted by Crippen LogP contribution is -2.55. The molecule has 17 heavy (non-hydrogen) atoms. The molecule has 0 aromatic heterocycles. The molecule has 2 fully saturated rings. The molecule has 3 atom stereocenters. The van der Waals surface area contributed by atoms with Crippen LogP contribution in [0.3, 0.4) is 0 Å². The van der Waals surface area contributed by atoms with Gasteiger partial charge in [0.05, 0.1) is 6.04 Å². The van der Waals surface area contributed by atoms with Gasteiger partial charge >= 0.3 is 0 Å². The molecule has 3 heteroatoms. The monoisotopic (exact) mass is 238 g/mol. The third-order valence-corrected chi connectivity index (χ3v) is 4.55. The maximum absolute atomic E-state index is 12.2. The molecule has 0 bridgehead atoms. The summed E-state index contributed by atoms with van der Waals surface area (Å²) in [5.74, 6) is 1.55. The van der Waals surface area contributed by atoms with E-state index < -0.39 is 0 Å². The fraction of sp³-hybridized carbons (Fsp3) is 0.929. The summed E-state index contributed by atoms with van der Waals surface area (Å²) in [5.41, 5.74) is 5.91. The van der Waals surface area contributed by atoms with Gasteiger partial charge in [0.1, 0.15) is 0 Å². The molecule has 3 unspecified atom stereocenters. The largest absolute Gasteiger partial charge is 0.338 e. The standard InChI is InChI=1S/C14H26N2O/c1-10(2)11-6-3-4-8-13(11)16-9-5-7-12(15)14(16)17/h10-13H,3-9,15H2,1-2H3. The Hall–Kier alpha value is -0.570. The quantitative estimate of drug-likeness (QED) is 0.801. The Kier molecular flexibility index (Phi) is 4.08. The van der Waals surface area contributed by atoms with Crippen LogP contribution < -0.4 is 5.73 Å². The zero-order chi connectivity index (χ0) is 12.4. The Balaban J connectivity index is 2.10. The molecular weight excluding hydrogens is 212 g/mol. The van der Waals surface area contributed by atoms with Crippen molar-refractivity contribution < 1.29 is 4.79 Å². The summed E-state index contributed by atoms with van der Waals surface area (Å²) < 4.78 is 0. The van der Waals surface area contributed by atoms with Crippen LogP contribution in [0.5, 0.6) is 0 Å². The molecule has 1 aliphatic carbocycles. The first kappa shape index (κ1) is 12.9. The Morgan fingerprint density at radius 2 is 1.88 bits per heavy atom. The predicted molar refractivity (Wildman–Crippen MR) is 69.5 cm³/mol. The number of carbonyl (C=O) groups is 1. The summed E-state index contributed by atoms with van der Waals surface area (Å²) in [7, 11) is 0. The minimum atomic E-state index is -0.238. The van der Waals surface area contributed by atoms with Crippen molar-refractivity contribution in [3.63, 3.8) is 0 Å². The van der Waals surface area contributed by atoms with Crippen LogP contribution in [-0.4, -0.2) is 29.4 Å². The SMILES string of the molecule is CC(C)C1CCCCC1N1CCCC(N)C1=O. The van der Waals surface area contributed by atoms with Crippen molar-refractivity contribution in [2.75, 3.05) is 6.54 Å². The second-order valence-electron chi connectivity index (χ2n) is 6.04. The molecular formula is C14H26N2O. The second kappa shape index (κ2) is 5.38. The number of nitrogens with two attached hydrogens (primary N) is 1. The third kappa shape index (κ3) is 2.65. The first-order chi connectivity index (χ1) is 8.11. The zero-order valence-electron chi connectivity index (χ0n) is 11.2. The molecule has 1 saturated heterocycles. The van der Waals surface area contributed by atoms with Gasteiger partial charge in [-0.25, -0.2) is 0 Å². The molecule has 0 radical (unpaired) electrons. The number of piperidine rings is 1. The molecule has 0 aromatic rings. The molecule has 3 nitrogen and oxygen atoms in total. The van der Waals surface area contributed by atoms with E-state index in [2.05, 4.69) is 18.7 Å². The van der Waals surface area contributed by atoms with E-state index in [0.717, 1.165) is 19.4 Å². The molecule has 2 aliphatic rings. The van der Waals surface area contributed by atoms with Crippen molar-refractivity contribution in [1.29, 1.82) is 0 Å². The van der Waals surface area contributed by atoms with Crippen LogP contribution >= 0.6 is 0 Å². The zero-order valence-corrected chi connectivity index (χ0v) is 11.2. The van der Waals surface area contributed by atoms with Crippen molar-refractivity contribution in [3.05, 3.63) is 0 Å². The highest BCUT2D eigenvalue weighted by Gasteiger charge is 2.37. The summed E-state index contributed by atoms with van der Waals surface area (Å²) in [6, 6.07) is 0.223. The molecule has 98 valence electrons. The number of nitrogens with zero attached hydrogens (tertiary/aromatic N) is 1. The molecule has 0 spiro atoms. The molecule has 2 rings (SSSR count). The van der Waals surface area contributed by atoms with Gasteiger partial charge in [-0.2, -0.15) is 0 Å². The van der Waals surface area contributed by atoms with Gasteiger partial charge < -0.3 is 10.6 Å². The van der Waals surface area contributed by atoms with Crippen LogP contribution in [0, 0.1) is 11.8 Å². The first-order valence-corrected chi connectivity index (χ1v) is 7.17. The number of amides is 1. The van der Waals surface area contributed by atoms with Crippen LogP contribution in [0.25, 0.3) is 0 Å². The lowest BCUT2D eigenvalue weighted by molar-refractivity contribution is -0.140. The van der Waals surface area contributed by atoms with Crippen molar-refractivity contribution in [1.82, 2.24) is 4.90 Å². The Morgan fingerprint density at radius 1 is 1.18 bits per heavy atom. The van der Waals surface area contributed by atoms with Crippen LogP contribution in [0.2, 0.25) is 0 Å². The average molecular weight is 238 g/mol. The van der Waals surface area contributed by atoms with E-state index in [1.807, 2.05) is 0 Å². The molecule has 0 aromatic carbocycles. The van der Waals surface area contributed by atoms with Crippen molar-refractivity contribution in [2.24, 2.45) is 17.6 Å². The topological polar surface area (TPSA) is 46.3 Å². The van der Waals surface area contributed by atoms with E-state index in [-0.39, 0.29) is 11.9 Å². The maximum atomic E-state index is 12.2. The van der Waals surface area contributed by atoms with Crippen LogP contribution in [0.4, 0.5) is 0 Å². The Morgan fingerprint density at radius 3 is 2.59 bits per heavy atom. The Bertz CT molecular complexity index is 277. The van der Waals surface area contributed by atoms with Crippen LogP contribution in [0.15, 0.2) is 0 Å². The summed E-state index contributed by atoms with van der Waals surface area (Å²) >= 11 is 0. The summed E-state index contributed by atoms with van der Waals surface area (Å²) in [5, 5.41) is 0. The minimum Gasteiger partial charge on any atom is -0.338 e. The number of hydrogen-bond donors (Lipinski definition) is 1. The highest BCUT2D eigenvalue weighted by molar-refractivity contribution is 5.82. The minimum absolute atomic E-state index is 0.203. The Labute approximate surface area is 105 Å². The van der Waals surface area contributed by atoms with Gasteiger partial charge in [-0.15, -0.1) is 0 Å². The summed E-state index contributed by atoms with van der Waals surface area (Å²) in [4.78, 5) is 14.3. The van der Waals surface area contributed by atoms with Crippen molar-refractivity contribution in [2.45, 2.75) is 64.5 Å². The van der Waals surface area contributed by atoms with E-state index in [1.165, 1.54) is 25.7 Å². The van der Waals surface area contributed by atoms with Crippen LogP contribution in [-0.2, 0) is 4.79 Å². The molecule has 1 saturated carbocycles. The highest BCUT2D eigenvalue weighted by atomic mass is 16.2. The van der Waals surface area contributed by atoms with Crippen LogP contribution in [0.1, 0.15) is 52.4 Å². The van der Waals surface area contributed by atoms with Gasteiger partial charge in [-0.05, 0) is 37.5 Å². The second-order valence-corrected chi connectivity index (χ2v) is 6.04. The summed E-state index contributed by atoms with van der Waals surface area (Å²) in [6.45, 7) is 5.51. The van der Waals surface area contributed by atoms with Crippen molar-refractivity contribution in [3.8, 4) is 0 Å². The van der Waals surface area contributed by atoms with Gasteiger partial charge in [0, 0.05) is 12.6 Å². The number of hydrogen-bond acceptors (Lipinski definition) is 2. The number of rotatable bonds is 2. The number of likely N-dealkylation sites (tertiary alicyclic amines) is 1. The third-order valence-electron chi connectivity index (χ3n) is 4.55. The smallest absolute Gasteiger partial charge is 0.239 e. The number of carbonyl (C=O) groups excluding carboxylic acids is 1. The fourth-order valence-corrected chi connectivity index (χ4v) is 3.56. The summed E-state index contributed by atoms with van der Waals surface area (Å²) in [6.07, 6.45) is 7.01. The van der Waals surface area contributed by atoms with E-state index in [0.29, 0.717) is 17.9 Å². The molecule has 1 amide bonds.